The lowest BCUT2D eigenvalue weighted by atomic mass is 10.2. The lowest BCUT2D eigenvalue weighted by Crippen LogP contribution is -2.35. The number of nitrogens with one attached hydrogen (secondary N) is 2. The first kappa shape index (κ1) is 17.5. The summed E-state index contributed by atoms with van der Waals surface area (Å²) in [6, 6.07) is 17.5. The molecule has 0 bridgehead atoms. The monoisotopic (exact) mass is 321 g/mol. The first-order chi connectivity index (χ1) is 11.5. The van der Waals surface area contributed by atoms with Crippen molar-refractivity contribution >= 4 is 23.4 Å². The Morgan fingerprint density at radius 3 is 2.42 bits per heavy atom. The summed E-state index contributed by atoms with van der Waals surface area (Å²) in [5.41, 5.74) is 6.50. The Balaban J connectivity index is 1.86. The van der Waals surface area contributed by atoms with Crippen molar-refractivity contribution in [3.8, 4) is 0 Å². The van der Waals surface area contributed by atoms with Crippen LogP contribution in [0.15, 0.2) is 65.8 Å². The molecule has 0 spiro atoms. The third-order valence-electron chi connectivity index (χ3n) is 3.49. The smallest absolute Gasteiger partial charge is 0.262 e. The number of hydrogen-bond acceptors (Lipinski definition) is 3. The van der Waals surface area contributed by atoms with Gasteiger partial charge in [-0.3, -0.25) is 4.79 Å². The number of hydrazone groups is 1. The zero-order valence-electron chi connectivity index (χ0n) is 14.3. The van der Waals surface area contributed by atoms with Crippen molar-refractivity contribution in [2.75, 3.05) is 5.32 Å². The number of allylic oxidation sites excluding steroid dienone is 1. The number of carbonyl (C=O) groups is 1. The van der Waals surface area contributed by atoms with Crippen LogP contribution >= 0.6 is 0 Å². The second-order valence-corrected chi connectivity index (χ2v) is 5.71. The van der Waals surface area contributed by atoms with Gasteiger partial charge in [0.05, 0.1) is 5.71 Å². The molecule has 2 N–H and O–H groups in total. The first-order valence-corrected chi connectivity index (χ1v) is 7.95. The summed E-state index contributed by atoms with van der Waals surface area (Å²) in [6.45, 7) is 5.68. The minimum Gasteiger partial charge on any atom is -0.374 e. The molecule has 0 heterocycles. The highest BCUT2D eigenvalue weighted by Gasteiger charge is 2.11. The number of anilines is 1. The van der Waals surface area contributed by atoms with Gasteiger partial charge in [0.25, 0.3) is 5.91 Å². The summed E-state index contributed by atoms with van der Waals surface area (Å²) in [7, 11) is 0. The average Bonchev–Trinajstić information content (AvgIpc) is 2.60. The molecule has 1 atom stereocenters. The predicted octanol–water partition coefficient (Wildman–Crippen LogP) is 4.00. The van der Waals surface area contributed by atoms with Crippen molar-refractivity contribution in [3.05, 3.63) is 71.8 Å². The summed E-state index contributed by atoms with van der Waals surface area (Å²) >= 11 is 0. The van der Waals surface area contributed by atoms with Crippen LogP contribution in [-0.2, 0) is 4.79 Å². The van der Waals surface area contributed by atoms with Gasteiger partial charge in [0.2, 0.25) is 0 Å². The Labute approximate surface area is 143 Å². The number of aryl methyl sites for hydroxylation is 1. The standard InChI is InChI=1S/C20H23N3O/c1-15-9-13-19(14-10-15)21-17(3)20(24)23-22-16(2)11-12-18-7-5-4-6-8-18/h4-14,17,21H,1-3H3,(H,23,24)/b12-11+,22-16?. The molecule has 2 aromatic rings. The molecule has 2 aromatic carbocycles. The first-order valence-electron chi connectivity index (χ1n) is 7.95. The van der Waals surface area contributed by atoms with E-state index in [4.69, 9.17) is 0 Å². The molecule has 0 saturated heterocycles. The fraction of sp³-hybridized carbons (Fsp3) is 0.200. The predicted molar refractivity (Wildman–Crippen MR) is 101 cm³/mol. The molecule has 124 valence electrons. The van der Waals surface area contributed by atoms with E-state index in [0.717, 1.165) is 17.0 Å². The van der Waals surface area contributed by atoms with E-state index in [1.807, 2.05) is 80.6 Å². The van der Waals surface area contributed by atoms with E-state index in [9.17, 15) is 4.79 Å². The molecular formula is C20H23N3O. The van der Waals surface area contributed by atoms with Gasteiger partial charge in [-0.15, -0.1) is 0 Å². The third kappa shape index (κ3) is 5.72. The maximum absolute atomic E-state index is 12.1. The minimum atomic E-state index is -0.373. The molecule has 1 amide bonds. The van der Waals surface area contributed by atoms with Crippen molar-refractivity contribution in [2.45, 2.75) is 26.8 Å². The van der Waals surface area contributed by atoms with Crippen LogP contribution in [0, 0.1) is 6.92 Å². The van der Waals surface area contributed by atoms with Crippen LogP contribution in [0.5, 0.6) is 0 Å². The largest absolute Gasteiger partial charge is 0.374 e. The van der Waals surface area contributed by atoms with Gasteiger partial charge >= 0.3 is 0 Å². The number of rotatable bonds is 6. The molecule has 24 heavy (non-hydrogen) atoms. The Morgan fingerprint density at radius 2 is 1.75 bits per heavy atom. The number of benzene rings is 2. The Bertz CT molecular complexity index is 718. The van der Waals surface area contributed by atoms with Crippen LogP contribution in [0.3, 0.4) is 0 Å². The Hall–Kier alpha value is -2.88. The number of carbonyl (C=O) groups excluding carboxylic acids is 1. The SMILES string of the molecule is CC(/C=C/c1ccccc1)=NNC(=O)C(C)Nc1ccc(C)cc1. The molecule has 0 fully saturated rings. The van der Waals surface area contributed by atoms with Gasteiger partial charge in [-0.2, -0.15) is 5.10 Å². The molecule has 0 aliphatic heterocycles. The number of hydrogen-bond donors (Lipinski definition) is 2. The van der Waals surface area contributed by atoms with Crippen LogP contribution in [0.2, 0.25) is 0 Å². The fourth-order valence-corrected chi connectivity index (χ4v) is 2.02. The summed E-state index contributed by atoms with van der Waals surface area (Å²) in [5, 5.41) is 7.26. The van der Waals surface area contributed by atoms with Crippen LogP contribution in [0.4, 0.5) is 5.69 Å². The van der Waals surface area contributed by atoms with Gasteiger partial charge in [0, 0.05) is 5.69 Å². The molecule has 2 rings (SSSR count). The maximum atomic E-state index is 12.1. The summed E-state index contributed by atoms with van der Waals surface area (Å²) in [4.78, 5) is 12.1. The van der Waals surface area contributed by atoms with E-state index < -0.39 is 0 Å². The maximum Gasteiger partial charge on any atom is 0.262 e. The second kappa shape index (κ2) is 8.67. The van der Waals surface area contributed by atoms with E-state index in [2.05, 4.69) is 15.8 Å². The third-order valence-corrected chi connectivity index (χ3v) is 3.49. The van der Waals surface area contributed by atoms with Crippen molar-refractivity contribution in [2.24, 2.45) is 5.10 Å². The number of amides is 1. The van der Waals surface area contributed by atoms with Gasteiger partial charge in [0.1, 0.15) is 6.04 Å². The summed E-state index contributed by atoms with van der Waals surface area (Å²) < 4.78 is 0. The van der Waals surface area contributed by atoms with Crippen molar-refractivity contribution < 1.29 is 4.79 Å². The van der Waals surface area contributed by atoms with E-state index in [1.54, 1.807) is 6.92 Å². The molecule has 0 aliphatic carbocycles. The molecule has 0 saturated carbocycles. The van der Waals surface area contributed by atoms with Crippen molar-refractivity contribution in [1.29, 1.82) is 0 Å². The van der Waals surface area contributed by atoms with Crippen LogP contribution in [0.1, 0.15) is 25.0 Å². The summed E-state index contributed by atoms with van der Waals surface area (Å²) in [6.07, 6.45) is 3.83. The van der Waals surface area contributed by atoms with E-state index in [1.165, 1.54) is 5.56 Å². The lowest BCUT2D eigenvalue weighted by molar-refractivity contribution is -0.121. The molecule has 0 aromatic heterocycles. The van der Waals surface area contributed by atoms with Gasteiger partial charge in [-0.25, -0.2) is 5.43 Å². The summed E-state index contributed by atoms with van der Waals surface area (Å²) in [5.74, 6) is -0.178. The zero-order valence-corrected chi connectivity index (χ0v) is 14.3. The van der Waals surface area contributed by atoms with Gasteiger partial charge in [-0.1, -0.05) is 54.1 Å². The van der Waals surface area contributed by atoms with Gasteiger partial charge in [-0.05, 0) is 44.5 Å². The highest BCUT2D eigenvalue weighted by Crippen LogP contribution is 2.10. The molecule has 1 unspecified atom stereocenters. The minimum absolute atomic E-state index is 0.178. The van der Waals surface area contributed by atoms with E-state index >= 15 is 0 Å². The van der Waals surface area contributed by atoms with E-state index in [0.29, 0.717) is 0 Å². The topological polar surface area (TPSA) is 53.5 Å². The Kier molecular flexibility index (Phi) is 6.32. The molecule has 4 nitrogen and oxygen atoms in total. The van der Waals surface area contributed by atoms with Gasteiger partial charge in [0.15, 0.2) is 0 Å². The van der Waals surface area contributed by atoms with Crippen LogP contribution < -0.4 is 10.7 Å². The number of nitrogens with zero attached hydrogens (tertiary/aromatic N) is 1. The fourth-order valence-electron chi connectivity index (χ4n) is 2.02. The molecule has 4 heteroatoms. The molecule has 0 radical (unpaired) electrons. The quantitative estimate of drug-likeness (QED) is 0.624. The molecule has 0 aliphatic rings. The Morgan fingerprint density at radius 1 is 1.08 bits per heavy atom. The van der Waals surface area contributed by atoms with Crippen LogP contribution in [0.25, 0.3) is 6.08 Å². The van der Waals surface area contributed by atoms with Crippen molar-refractivity contribution in [1.82, 2.24) is 5.43 Å². The highest BCUT2D eigenvalue weighted by atomic mass is 16.2. The lowest BCUT2D eigenvalue weighted by Gasteiger charge is -2.13. The molecular weight excluding hydrogens is 298 g/mol. The van der Waals surface area contributed by atoms with Gasteiger partial charge < -0.3 is 5.32 Å². The average molecular weight is 321 g/mol. The van der Waals surface area contributed by atoms with E-state index in [-0.39, 0.29) is 11.9 Å². The zero-order chi connectivity index (χ0) is 17.4. The highest BCUT2D eigenvalue weighted by molar-refractivity contribution is 5.97. The van der Waals surface area contributed by atoms with Crippen LogP contribution in [-0.4, -0.2) is 17.7 Å². The second-order valence-electron chi connectivity index (χ2n) is 5.71. The van der Waals surface area contributed by atoms with Crippen molar-refractivity contribution in [3.63, 3.8) is 0 Å². The normalized spacial score (nSPS) is 12.9.